The Bertz CT molecular complexity index is 549. The molecule has 20 heavy (non-hydrogen) atoms. The first-order valence-electron chi connectivity index (χ1n) is 6.48. The highest BCUT2D eigenvalue weighted by molar-refractivity contribution is 7.09. The molecule has 0 aliphatic rings. The number of hydrogen-bond acceptors (Lipinski definition) is 4. The number of nitrogens with one attached hydrogen (secondary N) is 1. The van der Waals surface area contributed by atoms with Crippen LogP contribution in [0, 0.1) is 5.82 Å². The SMILES string of the molecule is CC(C)(C)NCc1ccc(OCc2cncs2)c(F)c1. The van der Waals surface area contributed by atoms with E-state index in [2.05, 4.69) is 31.1 Å². The van der Waals surface area contributed by atoms with Crippen LogP contribution in [0.25, 0.3) is 0 Å². The van der Waals surface area contributed by atoms with Crippen LogP contribution in [0.3, 0.4) is 0 Å². The molecule has 5 heteroatoms. The summed E-state index contributed by atoms with van der Waals surface area (Å²) >= 11 is 1.49. The Hall–Kier alpha value is -1.46. The minimum absolute atomic E-state index is 0.0117. The predicted octanol–water partition coefficient (Wildman–Crippen LogP) is 3.75. The first-order chi connectivity index (χ1) is 9.44. The van der Waals surface area contributed by atoms with Crippen molar-refractivity contribution in [1.29, 1.82) is 0 Å². The molecule has 0 bridgehead atoms. The third kappa shape index (κ3) is 4.58. The maximum atomic E-state index is 13.9. The number of benzene rings is 1. The van der Waals surface area contributed by atoms with Crippen molar-refractivity contribution in [3.63, 3.8) is 0 Å². The van der Waals surface area contributed by atoms with Crippen molar-refractivity contribution < 1.29 is 9.13 Å². The quantitative estimate of drug-likeness (QED) is 0.912. The molecule has 0 amide bonds. The van der Waals surface area contributed by atoms with Gasteiger partial charge in [-0.1, -0.05) is 6.07 Å². The Morgan fingerprint density at radius 2 is 2.15 bits per heavy atom. The van der Waals surface area contributed by atoms with Crippen LogP contribution in [0.4, 0.5) is 4.39 Å². The average Bonchev–Trinajstić information content (AvgIpc) is 2.87. The van der Waals surface area contributed by atoms with Gasteiger partial charge in [-0.2, -0.15) is 0 Å². The number of hydrogen-bond donors (Lipinski definition) is 1. The summed E-state index contributed by atoms with van der Waals surface area (Å²) in [5.74, 6) is -0.0550. The van der Waals surface area contributed by atoms with Gasteiger partial charge in [-0.25, -0.2) is 4.39 Å². The van der Waals surface area contributed by atoms with Gasteiger partial charge in [0.1, 0.15) is 6.61 Å². The normalized spacial score (nSPS) is 11.6. The van der Waals surface area contributed by atoms with E-state index in [1.165, 1.54) is 17.4 Å². The number of halogens is 1. The summed E-state index contributed by atoms with van der Waals surface area (Å²) in [5, 5.41) is 3.33. The van der Waals surface area contributed by atoms with Gasteiger partial charge in [0.15, 0.2) is 11.6 Å². The molecule has 2 rings (SSSR count). The molecule has 0 saturated heterocycles. The first-order valence-corrected chi connectivity index (χ1v) is 7.36. The predicted molar refractivity (Wildman–Crippen MR) is 79.4 cm³/mol. The van der Waals surface area contributed by atoms with Gasteiger partial charge < -0.3 is 10.1 Å². The molecular weight excluding hydrogens is 275 g/mol. The van der Waals surface area contributed by atoms with Crippen molar-refractivity contribution >= 4 is 11.3 Å². The van der Waals surface area contributed by atoms with Gasteiger partial charge in [-0.15, -0.1) is 11.3 Å². The molecule has 108 valence electrons. The lowest BCUT2D eigenvalue weighted by molar-refractivity contribution is 0.293. The topological polar surface area (TPSA) is 34.1 Å². The highest BCUT2D eigenvalue weighted by atomic mass is 32.1. The van der Waals surface area contributed by atoms with Crippen LogP contribution in [-0.4, -0.2) is 10.5 Å². The maximum absolute atomic E-state index is 13.9. The van der Waals surface area contributed by atoms with Gasteiger partial charge in [0.25, 0.3) is 0 Å². The molecule has 1 aromatic carbocycles. The van der Waals surface area contributed by atoms with Gasteiger partial charge in [0, 0.05) is 18.3 Å². The number of nitrogens with zero attached hydrogens (tertiary/aromatic N) is 1. The average molecular weight is 294 g/mol. The molecule has 1 aromatic heterocycles. The molecule has 1 N–H and O–H groups in total. The van der Waals surface area contributed by atoms with E-state index in [1.807, 2.05) is 6.07 Å². The zero-order valence-corrected chi connectivity index (χ0v) is 12.8. The summed E-state index contributed by atoms with van der Waals surface area (Å²) in [5.41, 5.74) is 2.65. The van der Waals surface area contributed by atoms with Crippen molar-refractivity contribution in [3.05, 3.63) is 46.2 Å². The summed E-state index contributed by atoms with van der Waals surface area (Å²) in [4.78, 5) is 4.93. The molecule has 0 atom stereocenters. The molecule has 0 saturated carbocycles. The number of aromatic nitrogens is 1. The molecule has 0 spiro atoms. The molecule has 0 radical (unpaired) electrons. The van der Waals surface area contributed by atoms with E-state index < -0.39 is 0 Å². The highest BCUT2D eigenvalue weighted by Gasteiger charge is 2.10. The molecule has 0 aliphatic heterocycles. The maximum Gasteiger partial charge on any atom is 0.165 e. The molecular formula is C15H19FN2OS. The number of thiazole rings is 1. The molecule has 0 fully saturated rings. The lowest BCUT2D eigenvalue weighted by atomic mass is 10.1. The van der Waals surface area contributed by atoms with Gasteiger partial charge in [0.05, 0.1) is 10.4 Å². The minimum Gasteiger partial charge on any atom is -0.485 e. The minimum atomic E-state index is -0.331. The second kappa shape index (κ2) is 6.33. The smallest absolute Gasteiger partial charge is 0.165 e. The van der Waals surface area contributed by atoms with Crippen LogP contribution in [0.15, 0.2) is 29.9 Å². The molecule has 2 aromatic rings. The van der Waals surface area contributed by atoms with Crippen LogP contribution in [0.1, 0.15) is 31.2 Å². The summed E-state index contributed by atoms with van der Waals surface area (Å²) in [6.45, 7) is 7.22. The highest BCUT2D eigenvalue weighted by Crippen LogP contribution is 2.20. The monoisotopic (exact) mass is 294 g/mol. The van der Waals surface area contributed by atoms with E-state index >= 15 is 0 Å². The van der Waals surface area contributed by atoms with Gasteiger partial charge in [-0.3, -0.25) is 4.98 Å². The van der Waals surface area contributed by atoms with Crippen LogP contribution in [0.5, 0.6) is 5.75 Å². The number of ether oxygens (including phenoxy) is 1. The van der Waals surface area contributed by atoms with Crippen molar-refractivity contribution in [1.82, 2.24) is 10.3 Å². The van der Waals surface area contributed by atoms with E-state index in [0.717, 1.165) is 10.4 Å². The third-order valence-electron chi connectivity index (χ3n) is 2.67. The van der Waals surface area contributed by atoms with E-state index in [-0.39, 0.29) is 17.1 Å². The van der Waals surface area contributed by atoms with Gasteiger partial charge in [-0.05, 0) is 38.5 Å². The fourth-order valence-corrected chi connectivity index (χ4v) is 2.11. The van der Waals surface area contributed by atoms with Crippen LogP contribution >= 0.6 is 11.3 Å². The van der Waals surface area contributed by atoms with Crippen LogP contribution < -0.4 is 10.1 Å². The zero-order chi connectivity index (χ0) is 14.6. The number of rotatable bonds is 5. The fourth-order valence-electron chi connectivity index (χ4n) is 1.60. The van der Waals surface area contributed by atoms with E-state index in [0.29, 0.717) is 13.2 Å². The summed E-state index contributed by atoms with van der Waals surface area (Å²) in [6.07, 6.45) is 1.73. The summed E-state index contributed by atoms with van der Waals surface area (Å²) in [7, 11) is 0. The van der Waals surface area contributed by atoms with Crippen molar-refractivity contribution in [2.24, 2.45) is 0 Å². The Labute approximate surface area is 122 Å². The van der Waals surface area contributed by atoms with Gasteiger partial charge in [0.2, 0.25) is 0 Å². The third-order valence-corrected chi connectivity index (χ3v) is 3.43. The molecule has 1 heterocycles. The van der Waals surface area contributed by atoms with E-state index in [4.69, 9.17) is 4.74 Å². The van der Waals surface area contributed by atoms with E-state index in [9.17, 15) is 4.39 Å². The fraction of sp³-hybridized carbons (Fsp3) is 0.400. The van der Waals surface area contributed by atoms with Gasteiger partial charge >= 0.3 is 0 Å². The largest absolute Gasteiger partial charge is 0.485 e. The van der Waals surface area contributed by atoms with Crippen molar-refractivity contribution in [3.8, 4) is 5.75 Å². The molecule has 3 nitrogen and oxygen atoms in total. The summed E-state index contributed by atoms with van der Waals surface area (Å²) in [6, 6.07) is 5.07. The zero-order valence-electron chi connectivity index (χ0n) is 11.9. The molecule has 0 aliphatic carbocycles. The lowest BCUT2D eigenvalue weighted by Crippen LogP contribution is -2.35. The van der Waals surface area contributed by atoms with Crippen LogP contribution in [0.2, 0.25) is 0 Å². The van der Waals surface area contributed by atoms with E-state index in [1.54, 1.807) is 17.8 Å². The Morgan fingerprint density at radius 3 is 2.75 bits per heavy atom. The first kappa shape index (κ1) is 14.9. The summed E-state index contributed by atoms with van der Waals surface area (Å²) < 4.78 is 19.4. The Balaban J connectivity index is 1.95. The van der Waals surface area contributed by atoms with Crippen LogP contribution in [-0.2, 0) is 13.2 Å². The standard InChI is InChI=1S/C15H19FN2OS/c1-15(2,3)18-7-11-4-5-14(13(16)6-11)19-9-12-8-17-10-20-12/h4-6,8,10,18H,7,9H2,1-3H3. The van der Waals surface area contributed by atoms with Crippen molar-refractivity contribution in [2.45, 2.75) is 39.5 Å². The molecule has 0 unspecified atom stereocenters. The Kier molecular flexibility index (Phi) is 4.73. The Morgan fingerprint density at radius 1 is 1.35 bits per heavy atom. The lowest BCUT2D eigenvalue weighted by Gasteiger charge is -2.20. The van der Waals surface area contributed by atoms with Crippen molar-refractivity contribution in [2.75, 3.05) is 0 Å². The second-order valence-electron chi connectivity index (χ2n) is 5.62. The second-order valence-corrected chi connectivity index (χ2v) is 6.60.